The van der Waals surface area contributed by atoms with Crippen molar-refractivity contribution in [2.45, 2.75) is 51.9 Å². The summed E-state index contributed by atoms with van der Waals surface area (Å²) in [5.74, 6) is -1.80. The molecule has 0 aromatic rings. The number of hydrogen-bond acceptors (Lipinski definition) is 4. The molecule has 23 heavy (non-hydrogen) atoms. The van der Waals surface area contributed by atoms with Gasteiger partial charge in [-0.05, 0) is 12.8 Å². The molecule has 2 N–H and O–H groups in total. The first-order valence-corrected chi connectivity index (χ1v) is 7.92. The number of aliphatic carboxylic acids is 1. The Hall–Kier alpha value is -1.88. The summed E-state index contributed by atoms with van der Waals surface area (Å²) in [7, 11) is 0. The molecule has 5 heteroatoms. The Bertz CT molecular complexity index is 372. The number of carbonyl (C=O) groups is 2. The lowest BCUT2D eigenvalue weighted by Gasteiger charge is -2.01. The second-order valence-corrected chi connectivity index (χ2v) is 4.92. The van der Waals surface area contributed by atoms with Gasteiger partial charge in [0, 0.05) is 5.57 Å². The number of hydrogen-bond donors (Lipinski definition) is 2. The minimum Gasteiger partial charge on any atom is -0.481 e. The first-order chi connectivity index (χ1) is 11.0. The van der Waals surface area contributed by atoms with E-state index in [0.717, 1.165) is 6.42 Å². The largest absolute Gasteiger partial charge is 0.481 e. The van der Waals surface area contributed by atoms with Crippen LogP contribution in [0.2, 0.25) is 0 Å². The molecule has 0 amide bonds. The molecule has 132 valence electrons. The maximum absolute atomic E-state index is 10.8. The molecular formula is C18H30O5. The Morgan fingerprint density at radius 3 is 2.30 bits per heavy atom. The summed E-state index contributed by atoms with van der Waals surface area (Å²) >= 11 is 0. The number of carbonyl (C=O) groups excluding carboxylic acids is 1. The van der Waals surface area contributed by atoms with Gasteiger partial charge in [0.15, 0.2) is 0 Å². The van der Waals surface area contributed by atoms with E-state index in [9.17, 15) is 9.59 Å². The van der Waals surface area contributed by atoms with Crippen molar-refractivity contribution >= 4 is 11.9 Å². The van der Waals surface area contributed by atoms with Crippen molar-refractivity contribution in [2.75, 3.05) is 13.2 Å². The summed E-state index contributed by atoms with van der Waals surface area (Å²) in [5.41, 5.74) is -0.0654. The van der Waals surface area contributed by atoms with Crippen LogP contribution in [-0.4, -0.2) is 35.4 Å². The average Bonchev–Trinajstić information content (AvgIpc) is 2.51. The minimum absolute atomic E-state index is 0.0654. The van der Waals surface area contributed by atoms with Gasteiger partial charge in [0.25, 0.3) is 0 Å². The van der Waals surface area contributed by atoms with Gasteiger partial charge in [-0.2, -0.15) is 0 Å². The molecule has 0 atom stereocenters. The van der Waals surface area contributed by atoms with Gasteiger partial charge in [0.2, 0.25) is 0 Å². The second-order valence-electron chi connectivity index (χ2n) is 4.92. The van der Waals surface area contributed by atoms with Crippen LogP contribution in [0, 0.1) is 0 Å². The van der Waals surface area contributed by atoms with Crippen LogP contribution in [0.4, 0.5) is 0 Å². The van der Waals surface area contributed by atoms with Gasteiger partial charge in [-0.15, -0.1) is 0 Å². The van der Waals surface area contributed by atoms with Crippen LogP contribution in [0.3, 0.4) is 0 Å². The highest BCUT2D eigenvalue weighted by Crippen LogP contribution is 2.04. The Morgan fingerprint density at radius 1 is 1.13 bits per heavy atom. The fourth-order valence-corrected chi connectivity index (χ4v) is 1.55. The molecule has 0 unspecified atom stereocenters. The number of esters is 1. The number of rotatable bonds is 12. The Kier molecular flexibility index (Phi) is 18.5. The first kappa shape index (κ1) is 23.4. The van der Waals surface area contributed by atoms with Gasteiger partial charge in [-0.1, -0.05) is 64.0 Å². The number of aliphatic hydroxyl groups is 1. The predicted molar refractivity (Wildman–Crippen MR) is 92.2 cm³/mol. The van der Waals surface area contributed by atoms with Crippen LogP contribution >= 0.6 is 0 Å². The number of carboxylic acids is 1. The molecular weight excluding hydrogens is 296 g/mol. The predicted octanol–water partition coefficient (Wildman–Crippen LogP) is 3.64. The smallest absolute Gasteiger partial charge is 0.334 e. The van der Waals surface area contributed by atoms with Gasteiger partial charge in [-0.3, -0.25) is 4.79 Å². The number of allylic oxidation sites excluding steroid dienone is 1. The van der Waals surface area contributed by atoms with E-state index >= 15 is 0 Å². The van der Waals surface area contributed by atoms with E-state index in [2.05, 4.69) is 30.9 Å². The molecule has 0 aliphatic rings. The normalized spacial score (nSPS) is 9.83. The molecule has 0 radical (unpaired) electrons. The molecule has 5 nitrogen and oxygen atoms in total. The zero-order valence-corrected chi connectivity index (χ0v) is 14.1. The van der Waals surface area contributed by atoms with E-state index in [1.165, 1.54) is 38.2 Å². The average molecular weight is 326 g/mol. The number of unbranched alkanes of at least 4 members (excludes halogenated alkanes) is 5. The Labute approximate surface area is 139 Å². The van der Waals surface area contributed by atoms with Crippen molar-refractivity contribution in [3.63, 3.8) is 0 Å². The molecule has 0 saturated heterocycles. The maximum Gasteiger partial charge on any atom is 0.334 e. The highest BCUT2D eigenvalue weighted by Gasteiger charge is 2.10. The van der Waals surface area contributed by atoms with Crippen LogP contribution in [-0.2, 0) is 14.3 Å². The quantitative estimate of drug-likeness (QED) is 0.247. The molecule has 0 bridgehead atoms. The SMILES string of the molecule is C=CCOC(=O)C(=C)CC(=O)O.CCCCCCCC=CCO. The molecule has 0 saturated carbocycles. The van der Waals surface area contributed by atoms with Crippen molar-refractivity contribution in [2.24, 2.45) is 0 Å². The Balaban J connectivity index is 0. The zero-order chi connectivity index (χ0) is 17.9. The minimum atomic E-state index is -1.10. The second kappa shape index (κ2) is 18.2. The van der Waals surface area contributed by atoms with Crippen molar-refractivity contribution in [3.8, 4) is 0 Å². The van der Waals surface area contributed by atoms with Crippen LogP contribution < -0.4 is 0 Å². The summed E-state index contributed by atoms with van der Waals surface area (Å²) in [5, 5.41) is 16.7. The summed E-state index contributed by atoms with van der Waals surface area (Å²) in [6.45, 7) is 9.07. The fourth-order valence-electron chi connectivity index (χ4n) is 1.55. The van der Waals surface area contributed by atoms with E-state index in [1.807, 2.05) is 6.08 Å². The van der Waals surface area contributed by atoms with Gasteiger partial charge in [0.05, 0.1) is 13.0 Å². The van der Waals surface area contributed by atoms with E-state index < -0.39 is 18.4 Å². The lowest BCUT2D eigenvalue weighted by Crippen LogP contribution is -2.10. The van der Waals surface area contributed by atoms with Crippen molar-refractivity contribution < 1.29 is 24.5 Å². The lowest BCUT2D eigenvalue weighted by molar-refractivity contribution is -0.142. The van der Waals surface area contributed by atoms with Crippen LogP contribution in [0.15, 0.2) is 37.0 Å². The van der Waals surface area contributed by atoms with Gasteiger partial charge < -0.3 is 14.9 Å². The summed E-state index contributed by atoms with van der Waals surface area (Å²) in [6.07, 6.45) is 12.7. The molecule has 0 fully saturated rings. The van der Waals surface area contributed by atoms with Gasteiger partial charge in [-0.25, -0.2) is 4.79 Å². The van der Waals surface area contributed by atoms with Crippen LogP contribution in [0.5, 0.6) is 0 Å². The van der Waals surface area contributed by atoms with E-state index in [0.29, 0.717) is 0 Å². The van der Waals surface area contributed by atoms with Crippen molar-refractivity contribution in [1.82, 2.24) is 0 Å². The molecule has 0 aromatic heterocycles. The lowest BCUT2D eigenvalue weighted by atomic mass is 10.1. The molecule has 0 aliphatic heterocycles. The Morgan fingerprint density at radius 2 is 1.78 bits per heavy atom. The molecule has 0 heterocycles. The topological polar surface area (TPSA) is 83.8 Å². The van der Waals surface area contributed by atoms with Gasteiger partial charge in [0.1, 0.15) is 6.61 Å². The van der Waals surface area contributed by atoms with Crippen molar-refractivity contribution in [3.05, 3.63) is 37.0 Å². The molecule has 0 spiro atoms. The third kappa shape index (κ3) is 20.1. The maximum atomic E-state index is 10.8. The summed E-state index contributed by atoms with van der Waals surface area (Å²) < 4.78 is 4.53. The zero-order valence-electron chi connectivity index (χ0n) is 14.1. The van der Waals surface area contributed by atoms with Crippen LogP contribution in [0.25, 0.3) is 0 Å². The first-order valence-electron chi connectivity index (χ1n) is 7.92. The molecule has 0 rings (SSSR count). The third-order valence-electron chi connectivity index (χ3n) is 2.73. The highest BCUT2D eigenvalue weighted by molar-refractivity contribution is 5.92. The van der Waals surface area contributed by atoms with E-state index in [4.69, 9.17) is 10.2 Å². The van der Waals surface area contributed by atoms with Gasteiger partial charge >= 0.3 is 11.9 Å². The number of ether oxygens (including phenoxy) is 1. The summed E-state index contributed by atoms with van der Waals surface area (Å²) in [4.78, 5) is 20.9. The van der Waals surface area contributed by atoms with E-state index in [-0.39, 0.29) is 18.8 Å². The number of aliphatic hydroxyl groups excluding tert-OH is 1. The fraction of sp³-hybridized carbons (Fsp3) is 0.556. The van der Waals surface area contributed by atoms with E-state index in [1.54, 1.807) is 0 Å². The standard InChI is InChI=1S/C10H20O.C8H10O4/c1-2-3-4-5-6-7-8-9-10-11;1-3-4-12-8(11)6(2)5-7(9)10/h8-9,11H,2-7,10H2,1H3;3H,1-2,4-5H2,(H,9,10). The monoisotopic (exact) mass is 326 g/mol. The molecule has 0 aromatic carbocycles. The highest BCUT2D eigenvalue weighted by atomic mass is 16.5. The third-order valence-corrected chi connectivity index (χ3v) is 2.73. The van der Waals surface area contributed by atoms with Crippen molar-refractivity contribution in [1.29, 1.82) is 0 Å². The van der Waals surface area contributed by atoms with Crippen LogP contribution in [0.1, 0.15) is 51.9 Å². The number of carboxylic acid groups (broad SMARTS) is 1. The summed E-state index contributed by atoms with van der Waals surface area (Å²) in [6, 6.07) is 0. The molecule has 0 aliphatic carbocycles.